The zero-order chi connectivity index (χ0) is 16.1. The number of rotatable bonds is 2. The third kappa shape index (κ3) is 2.53. The van der Waals surface area contributed by atoms with Crippen molar-refractivity contribution >= 4 is 50.8 Å². The first-order chi connectivity index (χ1) is 11.0. The minimum atomic E-state index is 0.520. The predicted octanol–water partition coefficient (Wildman–Crippen LogP) is 4.90. The third-order valence-electron chi connectivity index (χ3n) is 3.26. The van der Waals surface area contributed by atoms with E-state index in [1.165, 1.54) is 11.3 Å². The highest BCUT2D eigenvalue weighted by molar-refractivity contribution is 7.24. The molecule has 5 nitrogen and oxygen atoms in total. The number of hydrogen-bond acceptors (Lipinski definition) is 6. The fourth-order valence-electron chi connectivity index (χ4n) is 2.28. The normalized spacial score (nSPS) is 11.5. The molecule has 0 unspecified atom stereocenters. The maximum absolute atomic E-state index is 6.28. The maximum Gasteiger partial charge on any atom is 0.235 e. The van der Waals surface area contributed by atoms with Crippen molar-refractivity contribution in [2.75, 3.05) is 0 Å². The van der Waals surface area contributed by atoms with Crippen LogP contribution in [0, 0.1) is 13.8 Å². The number of thiazole rings is 1. The number of nitrogens with zero attached hydrogens (tertiary/aromatic N) is 5. The Kier molecular flexibility index (Phi) is 3.60. The van der Waals surface area contributed by atoms with Crippen molar-refractivity contribution in [3.05, 3.63) is 38.9 Å². The van der Waals surface area contributed by atoms with E-state index in [4.69, 9.17) is 23.2 Å². The standard InChI is InChI=1S/C14H9Cl2N5S2/c1-6-11(22-7(2)17-6)13-20-21-12(18-19-14(21)23-13)9-4-3-8(15)5-10(9)16/h3-5H,1-2H3. The molecular weight excluding hydrogens is 373 g/mol. The van der Waals surface area contributed by atoms with Crippen molar-refractivity contribution in [1.82, 2.24) is 24.8 Å². The van der Waals surface area contributed by atoms with Crippen LogP contribution in [-0.2, 0) is 0 Å². The molecule has 3 heterocycles. The predicted molar refractivity (Wildman–Crippen MR) is 94.7 cm³/mol. The van der Waals surface area contributed by atoms with E-state index in [-0.39, 0.29) is 0 Å². The fourth-order valence-corrected chi connectivity index (χ4v) is 4.65. The molecule has 0 amide bonds. The number of halogens is 2. The second kappa shape index (κ2) is 5.52. The smallest absolute Gasteiger partial charge is 0.235 e. The first-order valence-corrected chi connectivity index (χ1v) is 9.04. The van der Waals surface area contributed by atoms with E-state index in [0.29, 0.717) is 20.8 Å². The molecule has 0 N–H and O–H groups in total. The molecule has 0 atom stereocenters. The molecule has 0 aliphatic carbocycles. The SMILES string of the molecule is Cc1nc(C)c(-c2nn3c(-c4ccc(Cl)cc4Cl)nnc3s2)s1. The molecule has 23 heavy (non-hydrogen) atoms. The average molecular weight is 382 g/mol. The minimum Gasteiger partial charge on any atom is -0.246 e. The summed E-state index contributed by atoms with van der Waals surface area (Å²) in [5.41, 5.74) is 1.72. The van der Waals surface area contributed by atoms with Crippen LogP contribution in [0.15, 0.2) is 18.2 Å². The molecule has 0 saturated carbocycles. The number of aromatic nitrogens is 5. The second-order valence-electron chi connectivity index (χ2n) is 4.90. The Morgan fingerprint density at radius 1 is 1.09 bits per heavy atom. The molecular formula is C14H9Cl2N5S2. The van der Waals surface area contributed by atoms with E-state index in [9.17, 15) is 0 Å². The summed E-state index contributed by atoms with van der Waals surface area (Å²) in [5, 5.41) is 16.0. The van der Waals surface area contributed by atoms with Gasteiger partial charge in [-0.1, -0.05) is 34.5 Å². The summed E-state index contributed by atoms with van der Waals surface area (Å²) in [4.78, 5) is 6.23. The first-order valence-electron chi connectivity index (χ1n) is 6.65. The van der Waals surface area contributed by atoms with E-state index < -0.39 is 0 Å². The highest BCUT2D eigenvalue weighted by Gasteiger charge is 2.19. The van der Waals surface area contributed by atoms with Crippen molar-refractivity contribution < 1.29 is 0 Å². The zero-order valence-corrected chi connectivity index (χ0v) is 15.2. The molecule has 0 aliphatic heterocycles. The molecule has 0 aliphatic rings. The monoisotopic (exact) mass is 381 g/mol. The Balaban J connectivity index is 1.88. The molecule has 4 aromatic rings. The van der Waals surface area contributed by atoms with Crippen molar-refractivity contribution in [2.24, 2.45) is 0 Å². The van der Waals surface area contributed by atoms with Gasteiger partial charge in [0.1, 0.15) is 0 Å². The summed E-state index contributed by atoms with van der Waals surface area (Å²) in [6.07, 6.45) is 0. The summed E-state index contributed by atoms with van der Waals surface area (Å²) in [7, 11) is 0. The number of aryl methyl sites for hydroxylation is 2. The average Bonchev–Trinajstić information content (AvgIpc) is 3.13. The lowest BCUT2D eigenvalue weighted by Gasteiger charge is -2.01. The number of hydrogen-bond donors (Lipinski definition) is 0. The lowest BCUT2D eigenvalue weighted by molar-refractivity contribution is 0.971. The molecule has 116 valence electrons. The van der Waals surface area contributed by atoms with Crippen molar-refractivity contribution in [3.8, 4) is 21.3 Å². The van der Waals surface area contributed by atoms with E-state index in [2.05, 4.69) is 20.3 Å². The first kappa shape index (κ1) is 15.0. The lowest BCUT2D eigenvalue weighted by Crippen LogP contribution is -1.91. The van der Waals surface area contributed by atoms with Crippen LogP contribution in [0.2, 0.25) is 10.0 Å². The molecule has 0 radical (unpaired) electrons. The summed E-state index contributed by atoms with van der Waals surface area (Å²) >= 11 is 15.3. The van der Waals surface area contributed by atoms with Gasteiger partial charge in [0.25, 0.3) is 0 Å². The largest absolute Gasteiger partial charge is 0.246 e. The Bertz CT molecular complexity index is 1030. The molecule has 4 rings (SSSR count). The molecule has 3 aromatic heterocycles. The van der Waals surface area contributed by atoms with Gasteiger partial charge in [0.05, 0.1) is 20.6 Å². The second-order valence-corrected chi connectivity index (χ2v) is 7.90. The van der Waals surface area contributed by atoms with Crippen molar-refractivity contribution in [1.29, 1.82) is 0 Å². The van der Waals surface area contributed by atoms with Crippen LogP contribution in [0.4, 0.5) is 0 Å². The number of benzene rings is 1. The molecule has 0 saturated heterocycles. The Morgan fingerprint density at radius 2 is 1.91 bits per heavy atom. The van der Waals surface area contributed by atoms with E-state index >= 15 is 0 Å². The van der Waals surface area contributed by atoms with E-state index in [1.54, 1.807) is 28.0 Å². The zero-order valence-electron chi connectivity index (χ0n) is 12.0. The van der Waals surface area contributed by atoms with Crippen LogP contribution in [0.3, 0.4) is 0 Å². The molecule has 1 aromatic carbocycles. The summed E-state index contributed by atoms with van der Waals surface area (Å²) in [5.74, 6) is 0.600. The van der Waals surface area contributed by atoms with Gasteiger partial charge in [0, 0.05) is 10.6 Å². The van der Waals surface area contributed by atoms with Gasteiger partial charge in [-0.05, 0) is 32.0 Å². The van der Waals surface area contributed by atoms with Crippen LogP contribution in [-0.4, -0.2) is 24.8 Å². The number of fused-ring (bicyclic) bond motifs is 1. The van der Waals surface area contributed by atoms with E-state index in [0.717, 1.165) is 26.1 Å². The van der Waals surface area contributed by atoms with Crippen LogP contribution in [0.25, 0.3) is 26.2 Å². The Morgan fingerprint density at radius 3 is 2.61 bits per heavy atom. The van der Waals surface area contributed by atoms with Gasteiger partial charge in [0.15, 0.2) is 10.8 Å². The summed E-state index contributed by atoms with van der Waals surface area (Å²) in [6, 6.07) is 5.28. The van der Waals surface area contributed by atoms with Gasteiger partial charge in [0.2, 0.25) is 4.96 Å². The Hall–Kier alpha value is -1.54. The third-order valence-corrected chi connectivity index (χ3v) is 5.93. The molecule has 0 bridgehead atoms. The molecule has 0 fully saturated rings. The highest BCUT2D eigenvalue weighted by atomic mass is 35.5. The quantitative estimate of drug-likeness (QED) is 0.495. The van der Waals surface area contributed by atoms with Gasteiger partial charge in [-0.2, -0.15) is 9.61 Å². The fraction of sp³-hybridized carbons (Fsp3) is 0.143. The molecule has 0 spiro atoms. The van der Waals surface area contributed by atoms with Crippen LogP contribution in [0.1, 0.15) is 10.7 Å². The van der Waals surface area contributed by atoms with Crippen LogP contribution >= 0.6 is 45.9 Å². The Labute approximate surface area is 149 Å². The van der Waals surface area contributed by atoms with Gasteiger partial charge < -0.3 is 0 Å². The van der Waals surface area contributed by atoms with Crippen molar-refractivity contribution in [3.63, 3.8) is 0 Å². The minimum absolute atomic E-state index is 0.520. The topological polar surface area (TPSA) is 56.0 Å². The summed E-state index contributed by atoms with van der Waals surface area (Å²) < 4.78 is 1.71. The van der Waals surface area contributed by atoms with Gasteiger partial charge in [-0.15, -0.1) is 21.5 Å². The van der Waals surface area contributed by atoms with E-state index in [1.807, 2.05) is 19.9 Å². The van der Waals surface area contributed by atoms with Gasteiger partial charge in [-0.25, -0.2) is 4.98 Å². The maximum atomic E-state index is 6.28. The van der Waals surface area contributed by atoms with Gasteiger partial charge in [-0.3, -0.25) is 0 Å². The summed E-state index contributed by atoms with van der Waals surface area (Å²) in [6.45, 7) is 3.97. The highest BCUT2D eigenvalue weighted by Crippen LogP contribution is 2.35. The van der Waals surface area contributed by atoms with Crippen LogP contribution in [0.5, 0.6) is 0 Å². The lowest BCUT2D eigenvalue weighted by atomic mass is 10.2. The van der Waals surface area contributed by atoms with Crippen LogP contribution < -0.4 is 0 Å². The van der Waals surface area contributed by atoms with Gasteiger partial charge >= 0.3 is 0 Å². The van der Waals surface area contributed by atoms with Crippen molar-refractivity contribution in [2.45, 2.75) is 13.8 Å². The molecule has 9 heteroatoms.